The minimum absolute atomic E-state index is 0.110. The number of halogens is 3. The van der Waals surface area contributed by atoms with Gasteiger partial charge in [0.15, 0.2) is 0 Å². The second-order valence-electron chi connectivity index (χ2n) is 3.74. The van der Waals surface area contributed by atoms with Gasteiger partial charge in [0.25, 0.3) is 0 Å². The molecule has 0 saturated carbocycles. The highest BCUT2D eigenvalue weighted by molar-refractivity contribution is 7.10. The molecule has 1 nitrogen and oxygen atoms in total. The number of aryl methyl sites for hydroxylation is 1. The number of alkyl halides is 3. The van der Waals surface area contributed by atoms with E-state index in [-0.39, 0.29) is 6.04 Å². The average molecular weight is 235 g/mol. The van der Waals surface area contributed by atoms with Crippen LogP contribution in [0.4, 0.5) is 13.2 Å². The molecule has 0 aliphatic heterocycles. The number of hydrogen-bond acceptors (Lipinski definition) is 2. The molecule has 1 N–H and O–H groups in total. The lowest BCUT2D eigenvalue weighted by Gasteiger charge is -2.24. The molecule has 0 spiro atoms. The fourth-order valence-corrected chi connectivity index (χ4v) is 2.92. The maximum atomic E-state index is 12.1. The molecule has 0 aromatic carbocycles. The highest BCUT2D eigenvalue weighted by atomic mass is 32.1. The second-order valence-corrected chi connectivity index (χ2v) is 4.74. The summed E-state index contributed by atoms with van der Waals surface area (Å²) in [6.45, 7) is -0.896. The third kappa shape index (κ3) is 2.72. The molecule has 1 aromatic heterocycles. The Balaban J connectivity index is 2.01. The van der Waals surface area contributed by atoms with E-state index in [9.17, 15) is 13.2 Å². The molecule has 0 amide bonds. The first-order chi connectivity index (χ1) is 7.06. The fourth-order valence-electron chi connectivity index (χ4n) is 1.94. The molecule has 0 bridgehead atoms. The fraction of sp³-hybridized carbons (Fsp3) is 0.600. The van der Waals surface area contributed by atoms with Gasteiger partial charge in [0.2, 0.25) is 0 Å². The van der Waals surface area contributed by atoms with E-state index in [0.29, 0.717) is 0 Å². The van der Waals surface area contributed by atoms with Gasteiger partial charge in [-0.25, -0.2) is 0 Å². The molecular formula is C10H12F3NS. The second kappa shape index (κ2) is 4.14. The summed E-state index contributed by atoms with van der Waals surface area (Å²) in [5.41, 5.74) is 1.07. The Labute approximate surface area is 90.3 Å². The van der Waals surface area contributed by atoms with E-state index in [4.69, 9.17) is 0 Å². The summed E-state index contributed by atoms with van der Waals surface area (Å²) in [7, 11) is 0. The first kappa shape index (κ1) is 11.0. The van der Waals surface area contributed by atoms with Crippen LogP contribution in [0.3, 0.4) is 0 Å². The van der Waals surface area contributed by atoms with Gasteiger partial charge in [0.05, 0.1) is 6.54 Å². The van der Waals surface area contributed by atoms with Crippen molar-refractivity contribution in [3.8, 4) is 0 Å². The van der Waals surface area contributed by atoms with E-state index < -0.39 is 12.7 Å². The normalized spacial score (nSPS) is 21.4. The molecule has 1 atom stereocenters. The lowest BCUT2D eigenvalue weighted by Crippen LogP contribution is -2.33. The monoisotopic (exact) mass is 235 g/mol. The summed E-state index contributed by atoms with van der Waals surface area (Å²) in [6.07, 6.45) is -1.33. The van der Waals surface area contributed by atoms with Crippen LogP contribution in [-0.2, 0) is 6.42 Å². The summed E-state index contributed by atoms with van der Waals surface area (Å²) >= 11 is 1.64. The van der Waals surface area contributed by atoms with Crippen molar-refractivity contribution in [1.29, 1.82) is 0 Å². The summed E-state index contributed by atoms with van der Waals surface area (Å²) in [5, 5.41) is 4.54. The van der Waals surface area contributed by atoms with E-state index in [0.717, 1.165) is 24.8 Å². The van der Waals surface area contributed by atoms with Crippen molar-refractivity contribution in [2.75, 3.05) is 6.54 Å². The van der Waals surface area contributed by atoms with Gasteiger partial charge < -0.3 is 5.32 Å². The Kier molecular flexibility index (Phi) is 3.02. The minimum Gasteiger partial charge on any atom is -0.302 e. The van der Waals surface area contributed by atoms with Crippen molar-refractivity contribution in [3.63, 3.8) is 0 Å². The van der Waals surface area contributed by atoms with Crippen molar-refractivity contribution in [3.05, 3.63) is 21.9 Å². The SMILES string of the molecule is FC(F)(F)CNC1CCCc2sccc21. The molecule has 1 aromatic rings. The molecule has 15 heavy (non-hydrogen) atoms. The van der Waals surface area contributed by atoms with Crippen molar-refractivity contribution in [2.45, 2.75) is 31.5 Å². The third-order valence-electron chi connectivity index (χ3n) is 2.60. The van der Waals surface area contributed by atoms with Gasteiger partial charge in [-0.2, -0.15) is 13.2 Å². The molecule has 0 radical (unpaired) electrons. The molecular weight excluding hydrogens is 223 g/mol. The molecule has 1 heterocycles. The Hall–Kier alpha value is -0.550. The van der Waals surface area contributed by atoms with E-state index in [1.165, 1.54) is 4.88 Å². The molecule has 0 fully saturated rings. The first-order valence-electron chi connectivity index (χ1n) is 4.93. The van der Waals surface area contributed by atoms with E-state index in [1.807, 2.05) is 11.4 Å². The van der Waals surface area contributed by atoms with Crippen LogP contribution in [0.25, 0.3) is 0 Å². The van der Waals surface area contributed by atoms with E-state index in [2.05, 4.69) is 5.32 Å². The highest BCUT2D eigenvalue weighted by Gasteiger charge is 2.30. The topological polar surface area (TPSA) is 12.0 Å². The zero-order chi connectivity index (χ0) is 10.9. The lowest BCUT2D eigenvalue weighted by atomic mass is 9.94. The maximum absolute atomic E-state index is 12.1. The smallest absolute Gasteiger partial charge is 0.302 e. The largest absolute Gasteiger partial charge is 0.401 e. The Bertz CT molecular complexity index is 332. The summed E-state index contributed by atoms with van der Waals surface area (Å²) in [4.78, 5) is 1.24. The molecule has 5 heteroatoms. The van der Waals surface area contributed by atoms with Crippen LogP contribution in [0.15, 0.2) is 11.4 Å². The molecule has 1 aliphatic rings. The highest BCUT2D eigenvalue weighted by Crippen LogP contribution is 2.33. The Morgan fingerprint density at radius 1 is 1.47 bits per heavy atom. The molecule has 1 unspecified atom stereocenters. The van der Waals surface area contributed by atoms with E-state index >= 15 is 0 Å². The third-order valence-corrected chi connectivity index (χ3v) is 3.60. The van der Waals surface area contributed by atoms with Gasteiger partial charge in [0.1, 0.15) is 0 Å². The van der Waals surface area contributed by atoms with Crippen LogP contribution in [0.2, 0.25) is 0 Å². The molecule has 1 aliphatic carbocycles. The van der Waals surface area contributed by atoms with Crippen molar-refractivity contribution in [1.82, 2.24) is 5.32 Å². The van der Waals surface area contributed by atoms with Gasteiger partial charge in [0, 0.05) is 10.9 Å². The van der Waals surface area contributed by atoms with Gasteiger partial charge in [-0.15, -0.1) is 11.3 Å². The Morgan fingerprint density at radius 2 is 2.27 bits per heavy atom. The first-order valence-corrected chi connectivity index (χ1v) is 5.80. The average Bonchev–Trinajstić information content (AvgIpc) is 2.61. The standard InChI is InChI=1S/C10H12F3NS/c11-10(12,13)6-14-8-2-1-3-9-7(8)4-5-15-9/h4-5,8,14H,1-3,6H2. The number of hydrogen-bond donors (Lipinski definition) is 1. The maximum Gasteiger partial charge on any atom is 0.401 e. The zero-order valence-electron chi connectivity index (χ0n) is 8.10. The Morgan fingerprint density at radius 3 is 3.00 bits per heavy atom. The number of fused-ring (bicyclic) bond motifs is 1. The predicted octanol–water partition coefficient (Wildman–Crippen LogP) is 3.28. The zero-order valence-corrected chi connectivity index (χ0v) is 8.92. The van der Waals surface area contributed by atoms with Gasteiger partial charge in [-0.3, -0.25) is 0 Å². The lowest BCUT2D eigenvalue weighted by molar-refractivity contribution is -0.126. The summed E-state index contributed by atoms with van der Waals surface area (Å²) in [5.74, 6) is 0. The van der Waals surface area contributed by atoms with Crippen LogP contribution in [0, 0.1) is 0 Å². The van der Waals surface area contributed by atoms with Crippen LogP contribution in [0.1, 0.15) is 29.3 Å². The summed E-state index contributed by atoms with van der Waals surface area (Å²) < 4.78 is 36.2. The van der Waals surface area contributed by atoms with Gasteiger partial charge >= 0.3 is 6.18 Å². The van der Waals surface area contributed by atoms with Crippen molar-refractivity contribution >= 4 is 11.3 Å². The van der Waals surface area contributed by atoms with Crippen LogP contribution >= 0.6 is 11.3 Å². The number of rotatable bonds is 2. The molecule has 84 valence electrons. The summed E-state index contributed by atoms with van der Waals surface area (Å²) in [6, 6.07) is 1.83. The van der Waals surface area contributed by atoms with Crippen molar-refractivity contribution < 1.29 is 13.2 Å². The molecule has 2 rings (SSSR count). The minimum atomic E-state index is -4.12. The number of thiophene rings is 1. The van der Waals surface area contributed by atoms with Gasteiger partial charge in [-0.05, 0) is 36.3 Å². The van der Waals surface area contributed by atoms with Crippen molar-refractivity contribution in [2.24, 2.45) is 0 Å². The van der Waals surface area contributed by atoms with Crippen LogP contribution in [0.5, 0.6) is 0 Å². The van der Waals surface area contributed by atoms with E-state index in [1.54, 1.807) is 11.3 Å². The predicted molar refractivity (Wildman–Crippen MR) is 54.1 cm³/mol. The van der Waals surface area contributed by atoms with Crippen LogP contribution < -0.4 is 5.32 Å². The quantitative estimate of drug-likeness (QED) is 0.829. The van der Waals surface area contributed by atoms with Crippen LogP contribution in [-0.4, -0.2) is 12.7 Å². The number of nitrogens with one attached hydrogen (secondary N) is 1. The molecule has 0 saturated heterocycles. The van der Waals surface area contributed by atoms with Gasteiger partial charge in [-0.1, -0.05) is 0 Å².